The second-order valence-corrected chi connectivity index (χ2v) is 3.34. The number of hydrogen-bond donors (Lipinski definition) is 2. The Bertz CT molecular complexity index is 283. The molecule has 0 spiro atoms. The predicted octanol–water partition coefficient (Wildman–Crippen LogP) is 1.73. The van der Waals surface area contributed by atoms with Gasteiger partial charge < -0.3 is 10.3 Å². The quantitative estimate of drug-likeness (QED) is 0.736. The summed E-state index contributed by atoms with van der Waals surface area (Å²) in [6.45, 7) is 4.40. The molecule has 0 aromatic carbocycles. The highest BCUT2D eigenvalue weighted by atomic mass is 16.1. The number of amides is 1. The Kier molecular flexibility index (Phi) is 5.22. The van der Waals surface area contributed by atoms with Crippen molar-refractivity contribution in [2.75, 3.05) is 6.54 Å². The molecular formula is C11H17N3O. The molecular weight excluding hydrogens is 190 g/mol. The van der Waals surface area contributed by atoms with Crippen LogP contribution >= 0.6 is 0 Å². The Labute approximate surface area is 89.8 Å². The van der Waals surface area contributed by atoms with Crippen molar-refractivity contribution >= 4 is 12.0 Å². The van der Waals surface area contributed by atoms with Crippen molar-refractivity contribution in [2.24, 2.45) is 0 Å². The molecule has 1 aliphatic rings. The zero-order valence-electron chi connectivity index (χ0n) is 8.83. The smallest absolute Gasteiger partial charge is 0.219 e. The molecule has 1 fully saturated rings. The number of aromatic nitrogens is 2. The lowest BCUT2D eigenvalue weighted by atomic mass is 10.2. The summed E-state index contributed by atoms with van der Waals surface area (Å²) in [5.74, 6) is 1.04. The van der Waals surface area contributed by atoms with Gasteiger partial charge in [-0.3, -0.25) is 4.79 Å². The topological polar surface area (TPSA) is 57.8 Å². The molecule has 1 aromatic rings. The molecule has 4 nitrogen and oxygen atoms in total. The Morgan fingerprint density at radius 3 is 2.87 bits per heavy atom. The van der Waals surface area contributed by atoms with E-state index in [1.165, 1.54) is 6.42 Å². The van der Waals surface area contributed by atoms with Crippen LogP contribution in [-0.2, 0) is 4.79 Å². The van der Waals surface area contributed by atoms with Gasteiger partial charge in [-0.2, -0.15) is 0 Å². The molecule has 1 saturated heterocycles. The number of nitrogens with one attached hydrogen (secondary N) is 2. The maximum atomic E-state index is 10.6. The van der Waals surface area contributed by atoms with E-state index < -0.39 is 0 Å². The SMILES string of the molecule is C=Cc1ncc[nH]1.O=C1CCCCCN1. The van der Waals surface area contributed by atoms with Crippen molar-refractivity contribution in [3.05, 3.63) is 24.8 Å². The average molecular weight is 207 g/mol. The first-order valence-electron chi connectivity index (χ1n) is 5.21. The van der Waals surface area contributed by atoms with Crippen LogP contribution in [0, 0.1) is 0 Å². The van der Waals surface area contributed by atoms with Crippen LogP contribution in [0.4, 0.5) is 0 Å². The molecule has 0 atom stereocenters. The fourth-order valence-electron chi connectivity index (χ4n) is 1.29. The van der Waals surface area contributed by atoms with Gasteiger partial charge in [0.2, 0.25) is 5.91 Å². The maximum absolute atomic E-state index is 10.6. The van der Waals surface area contributed by atoms with Crippen molar-refractivity contribution in [3.8, 4) is 0 Å². The van der Waals surface area contributed by atoms with Crippen LogP contribution in [0.15, 0.2) is 19.0 Å². The van der Waals surface area contributed by atoms with E-state index in [2.05, 4.69) is 21.9 Å². The fourth-order valence-corrected chi connectivity index (χ4v) is 1.29. The second-order valence-electron chi connectivity index (χ2n) is 3.34. The molecule has 1 aromatic heterocycles. The lowest BCUT2D eigenvalue weighted by Gasteiger charge is -1.93. The summed E-state index contributed by atoms with van der Waals surface area (Å²) in [6.07, 6.45) is 9.30. The van der Waals surface area contributed by atoms with Crippen molar-refractivity contribution in [2.45, 2.75) is 25.7 Å². The lowest BCUT2D eigenvalue weighted by Crippen LogP contribution is -2.21. The van der Waals surface area contributed by atoms with E-state index in [4.69, 9.17) is 0 Å². The molecule has 1 amide bonds. The molecule has 0 radical (unpaired) electrons. The molecule has 1 aliphatic heterocycles. The third kappa shape index (κ3) is 5.00. The van der Waals surface area contributed by atoms with Crippen LogP contribution in [0.2, 0.25) is 0 Å². The zero-order valence-corrected chi connectivity index (χ0v) is 8.83. The van der Waals surface area contributed by atoms with E-state index in [9.17, 15) is 4.79 Å². The minimum absolute atomic E-state index is 0.225. The number of aromatic amines is 1. The highest BCUT2D eigenvalue weighted by Crippen LogP contribution is 2.02. The van der Waals surface area contributed by atoms with Gasteiger partial charge in [-0.25, -0.2) is 4.98 Å². The second kappa shape index (κ2) is 6.81. The monoisotopic (exact) mass is 207 g/mol. The third-order valence-corrected chi connectivity index (χ3v) is 2.12. The molecule has 2 heterocycles. The summed E-state index contributed by atoms with van der Waals surface area (Å²) in [7, 11) is 0. The summed E-state index contributed by atoms with van der Waals surface area (Å²) < 4.78 is 0. The summed E-state index contributed by atoms with van der Waals surface area (Å²) in [4.78, 5) is 17.3. The van der Waals surface area contributed by atoms with E-state index in [1.54, 1.807) is 18.5 Å². The van der Waals surface area contributed by atoms with Gasteiger partial charge in [0.25, 0.3) is 0 Å². The van der Waals surface area contributed by atoms with Gasteiger partial charge >= 0.3 is 0 Å². The number of imidazole rings is 1. The van der Waals surface area contributed by atoms with Crippen molar-refractivity contribution in [3.63, 3.8) is 0 Å². The molecule has 82 valence electrons. The molecule has 0 saturated carbocycles. The number of hydrogen-bond acceptors (Lipinski definition) is 2. The van der Waals surface area contributed by atoms with Crippen LogP contribution in [0.25, 0.3) is 6.08 Å². The van der Waals surface area contributed by atoms with Crippen LogP contribution in [0.1, 0.15) is 31.5 Å². The first-order valence-corrected chi connectivity index (χ1v) is 5.21. The molecule has 0 aliphatic carbocycles. The normalized spacial score (nSPS) is 15.6. The van der Waals surface area contributed by atoms with E-state index in [0.717, 1.165) is 31.6 Å². The number of nitrogens with zero attached hydrogens (tertiary/aromatic N) is 1. The van der Waals surface area contributed by atoms with Gasteiger partial charge in [0.1, 0.15) is 5.82 Å². The Morgan fingerprint density at radius 1 is 1.40 bits per heavy atom. The number of carbonyl (C=O) groups is 1. The van der Waals surface area contributed by atoms with E-state index in [-0.39, 0.29) is 5.91 Å². The Balaban J connectivity index is 0.000000151. The molecule has 0 bridgehead atoms. The van der Waals surface area contributed by atoms with Gasteiger partial charge in [-0.1, -0.05) is 13.0 Å². The van der Waals surface area contributed by atoms with Crippen molar-refractivity contribution in [1.29, 1.82) is 0 Å². The molecule has 0 unspecified atom stereocenters. The summed E-state index contributed by atoms with van der Waals surface area (Å²) >= 11 is 0. The predicted molar refractivity (Wildman–Crippen MR) is 60.2 cm³/mol. The first kappa shape index (κ1) is 11.5. The summed E-state index contributed by atoms with van der Waals surface area (Å²) in [5.41, 5.74) is 0. The Hall–Kier alpha value is -1.58. The van der Waals surface area contributed by atoms with Gasteiger partial charge in [-0.05, 0) is 18.9 Å². The van der Waals surface area contributed by atoms with Crippen LogP contribution in [0.5, 0.6) is 0 Å². The molecule has 4 heteroatoms. The van der Waals surface area contributed by atoms with Crippen LogP contribution in [-0.4, -0.2) is 22.4 Å². The molecule has 2 rings (SSSR count). The fraction of sp³-hybridized carbons (Fsp3) is 0.455. The minimum atomic E-state index is 0.225. The molecule has 15 heavy (non-hydrogen) atoms. The van der Waals surface area contributed by atoms with Gasteiger partial charge in [0, 0.05) is 25.4 Å². The maximum Gasteiger partial charge on any atom is 0.219 e. The van der Waals surface area contributed by atoms with Gasteiger partial charge in [-0.15, -0.1) is 0 Å². The van der Waals surface area contributed by atoms with E-state index in [0.29, 0.717) is 0 Å². The third-order valence-electron chi connectivity index (χ3n) is 2.12. The van der Waals surface area contributed by atoms with Crippen molar-refractivity contribution < 1.29 is 4.79 Å². The minimum Gasteiger partial charge on any atom is -0.356 e. The summed E-state index contributed by atoms with van der Waals surface area (Å²) in [6, 6.07) is 0. The van der Waals surface area contributed by atoms with Crippen molar-refractivity contribution in [1.82, 2.24) is 15.3 Å². The highest BCUT2D eigenvalue weighted by molar-refractivity contribution is 5.75. The Morgan fingerprint density at radius 2 is 2.27 bits per heavy atom. The van der Waals surface area contributed by atoms with Crippen LogP contribution < -0.4 is 5.32 Å². The number of H-pyrrole nitrogens is 1. The van der Waals surface area contributed by atoms with Gasteiger partial charge in [0.05, 0.1) is 0 Å². The van der Waals surface area contributed by atoms with E-state index in [1.807, 2.05) is 0 Å². The first-order chi connectivity index (χ1) is 7.33. The molecule has 2 N–H and O–H groups in total. The lowest BCUT2D eigenvalue weighted by molar-refractivity contribution is -0.120. The number of carbonyl (C=O) groups excluding carboxylic acids is 1. The largest absolute Gasteiger partial charge is 0.356 e. The van der Waals surface area contributed by atoms with E-state index >= 15 is 0 Å². The zero-order chi connectivity index (χ0) is 10.9. The average Bonchev–Trinajstić information content (AvgIpc) is 2.67. The summed E-state index contributed by atoms with van der Waals surface area (Å²) in [5, 5.41) is 2.81. The van der Waals surface area contributed by atoms with Crippen LogP contribution in [0.3, 0.4) is 0 Å². The van der Waals surface area contributed by atoms with Gasteiger partial charge in [0.15, 0.2) is 0 Å². The number of rotatable bonds is 1. The standard InChI is InChI=1S/C6H11NO.C5H6N2/c8-6-4-2-1-3-5-7-6;1-2-5-6-3-4-7-5/h1-5H2,(H,7,8);2-4H,1H2,(H,6,7). The highest BCUT2D eigenvalue weighted by Gasteiger charge is 2.03.